The molecule has 18 heavy (non-hydrogen) atoms. The first-order valence-corrected chi connectivity index (χ1v) is 6.86. The monoisotopic (exact) mass is 275 g/mol. The largest absolute Gasteiger partial charge is 0.480 e. The third-order valence-corrected chi connectivity index (χ3v) is 3.42. The smallest absolute Gasteiger partial charge is 0.367 e. The molecule has 1 fully saturated rings. The van der Waals surface area contributed by atoms with E-state index in [1.165, 1.54) is 4.90 Å². The van der Waals surface area contributed by atoms with E-state index in [9.17, 15) is 14.4 Å². The van der Waals surface area contributed by atoms with E-state index in [4.69, 9.17) is 9.84 Å². The molecule has 0 aliphatic carbocycles. The van der Waals surface area contributed by atoms with Crippen LogP contribution in [0.2, 0.25) is 0 Å². The molecule has 0 spiro atoms. The van der Waals surface area contributed by atoms with Gasteiger partial charge in [-0.1, -0.05) is 0 Å². The standard InChI is InChI=1S/C11H17NO5S/c1-2-17-11(16)18-7-5-9(13)12-6-3-4-8(12)10(14)15/h8H,2-7H2,1H3,(H,14,15)/t8-/m0/s1. The third-order valence-electron chi connectivity index (χ3n) is 2.66. The summed E-state index contributed by atoms with van der Waals surface area (Å²) in [5.41, 5.74) is 0. The fraction of sp³-hybridized carbons (Fsp3) is 0.727. The number of amides is 1. The van der Waals surface area contributed by atoms with Gasteiger partial charge in [0.2, 0.25) is 5.91 Å². The van der Waals surface area contributed by atoms with Crippen molar-refractivity contribution in [2.45, 2.75) is 32.2 Å². The maximum atomic E-state index is 11.8. The SMILES string of the molecule is CCOC(=O)SCCC(=O)N1CCC[C@H]1C(=O)O. The van der Waals surface area contributed by atoms with Gasteiger partial charge in [-0.25, -0.2) is 9.59 Å². The highest BCUT2D eigenvalue weighted by Gasteiger charge is 2.33. The van der Waals surface area contributed by atoms with E-state index >= 15 is 0 Å². The number of carboxylic acid groups (broad SMARTS) is 1. The summed E-state index contributed by atoms with van der Waals surface area (Å²) >= 11 is 0.942. The van der Waals surface area contributed by atoms with Crippen LogP contribution in [0.3, 0.4) is 0 Å². The predicted molar refractivity (Wildman–Crippen MR) is 66.5 cm³/mol. The first-order chi connectivity index (χ1) is 8.56. The molecular weight excluding hydrogens is 258 g/mol. The summed E-state index contributed by atoms with van der Waals surface area (Å²) in [7, 11) is 0. The molecule has 0 aromatic heterocycles. The van der Waals surface area contributed by atoms with Gasteiger partial charge in [0.1, 0.15) is 6.04 Å². The van der Waals surface area contributed by atoms with Gasteiger partial charge in [-0.05, 0) is 31.5 Å². The lowest BCUT2D eigenvalue weighted by Gasteiger charge is -2.21. The molecule has 0 bridgehead atoms. The minimum Gasteiger partial charge on any atom is -0.480 e. The van der Waals surface area contributed by atoms with E-state index in [-0.39, 0.29) is 12.3 Å². The fourth-order valence-electron chi connectivity index (χ4n) is 1.85. The zero-order chi connectivity index (χ0) is 13.5. The number of carbonyl (C=O) groups is 3. The topological polar surface area (TPSA) is 83.9 Å². The van der Waals surface area contributed by atoms with Crippen LogP contribution in [0.4, 0.5) is 4.79 Å². The van der Waals surface area contributed by atoms with Crippen LogP contribution in [-0.4, -0.2) is 52.1 Å². The fourth-order valence-corrected chi connectivity index (χ4v) is 2.49. The molecule has 1 amide bonds. The average molecular weight is 275 g/mol. The van der Waals surface area contributed by atoms with Gasteiger partial charge in [0, 0.05) is 18.7 Å². The molecule has 0 unspecified atom stereocenters. The first-order valence-electron chi connectivity index (χ1n) is 5.88. The van der Waals surface area contributed by atoms with Crippen LogP contribution in [0.15, 0.2) is 0 Å². The van der Waals surface area contributed by atoms with Crippen LogP contribution in [-0.2, 0) is 14.3 Å². The van der Waals surface area contributed by atoms with Crippen molar-refractivity contribution in [1.82, 2.24) is 4.90 Å². The number of nitrogens with zero attached hydrogens (tertiary/aromatic N) is 1. The van der Waals surface area contributed by atoms with E-state index < -0.39 is 17.3 Å². The van der Waals surface area contributed by atoms with Crippen molar-refractivity contribution >= 4 is 28.9 Å². The lowest BCUT2D eigenvalue weighted by molar-refractivity contribution is -0.148. The van der Waals surface area contributed by atoms with Gasteiger partial charge in [0.15, 0.2) is 0 Å². The molecule has 0 aromatic rings. The van der Waals surface area contributed by atoms with Crippen LogP contribution in [0, 0.1) is 0 Å². The van der Waals surface area contributed by atoms with Gasteiger partial charge in [-0.15, -0.1) is 0 Å². The molecule has 1 aliphatic heterocycles. The van der Waals surface area contributed by atoms with Gasteiger partial charge in [0.05, 0.1) is 6.61 Å². The van der Waals surface area contributed by atoms with E-state index in [0.29, 0.717) is 31.7 Å². The lowest BCUT2D eigenvalue weighted by Crippen LogP contribution is -2.40. The normalized spacial score (nSPS) is 18.7. The van der Waals surface area contributed by atoms with Crippen LogP contribution in [0.25, 0.3) is 0 Å². The van der Waals surface area contributed by atoms with Crippen molar-refractivity contribution in [3.8, 4) is 0 Å². The molecule has 6 nitrogen and oxygen atoms in total. The molecule has 1 heterocycles. The highest BCUT2D eigenvalue weighted by molar-refractivity contribution is 8.13. The minimum atomic E-state index is -0.959. The predicted octanol–water partition coefficient (Wildman–Crippen LogP) is 1.34. The Morgan fingerprint density at radius 1 is 1.44 bits per heavy atom. The zero-order valence-electron chi connectivity index (χ0n) is 10.3. The first kappa shape index (κ1) is 14.8. The molecule has 1 N–H and O–H groups in total. The molecular formula is C11H17NO5S. The van der Waals surface area contributed by atoms with Crippen molar-refractivity contribution in [3.63, 3.8) is 0 Å². The number of carboxylic acids is 1. The average Bonchev–Trinajstić information content (AvgIpc) is 2.78. The summed E-state index contributed by atoms with van der Waals surface area (Å²) in [6.07, 6.45) is 1.38. The molecule has 1 rings (SSSR count). The van der Waals surface area contributed by atoms with E-state index in [1.807, 2.05) is 0 Å². The lowest BCUT2D eigenvalue weighted by atomic mass is 10.2. The molecule has 0 aromatic carbocycles. The number of hydrogen-bond donors (Lipinski definition) is 1. The Bertz CT molecular complexity index is 333. The second-order valence-corrected chi connectivity index (χ2v) is 4.90. The Kier molecular flexibility index (Phi) is 5.97. The van der Waals surface area contributed by atoms with Gasteiger partial charge < -0.3 is 14.7 Å². The number of likely N-dealkylation sites (tertiary alicyclic amines) is 1. The maximum Gasteiger partial charge on any atom is 0.367 e. The van der Waals surface area contributed by atoms with Crippen molar-refractivity contribution in [2.24, 2.45) is 0 Å². The van der Waals surface area contributed by atoms with E-state index in [1.54, 1.807) is 6.92 Å². The number of aliphatic carboxylic acids is 1. The summed E-state index contributed by atoms with van der Waals surface area (Å²) in [5.74, 6) is -0.851. The number of carbonyl (C=O) groups excluding carboxylic acids is 2. The van der Waals surface area contributed by atoms with Crippen molar-refractivity contribution < 1.29 is 24.2 Å². The van der Waals surface area contributed by atoms with Gasteiger partial charge in [-0.2, -0.15) is 0 Å². The summed E-state index contributed by atoms with van der Waals surface area (Å²) in [6.45, 7) is 2.51. The van der Waals surface area contributed by atoms with E-state index in [2.05, 4.69) is 0 Å². The highest BCUT2D eigenvalue weighted by Crippen LogP contribution is 2.19. The van der Waals surface area contributed by atoms with Gasteiger partial charge >= 0.3 is 11.3 Å². The van der Waals surface area contributed by atoms with E-state index in [0.717, 1.165) is 11.8 Å². The Hall–Kier alpha value is -1.24. The van der Waals surface area contributed by atoms with Crippen LogP contribution < -0.4 is 0 Å². The molecule has 0 saturated carbocycles. The molecule has 1 atom stereocenters. The van der Waals surface area contributed by atoms with Crippen LogP contribution >= 0.6 is 11.8 Å². The summed E-state index contributed by atoms with van der Waals surface area (Å²) in [4.78, 5) is 35.1. The molecule has 0 radical (unpaired) electrons. The third kappa shape index (κ3) is 4.21. The molecule has 1 aliphatic rings. The van der Waals surface area contributed by atoms with Crippen LogP contribution in [0.5, 0.6) is 0 Å². The number of thioether (sulfide) groups is 1. The van der Waals surface area contributed by atoms with Crippen molar-refractivity contribution in [1.29, 1.82) is 0 Å². The second-order valence-electron chi connectivity index (χ2n) is 3.86. The summed E-state index contributed by atoms with van der Waals surface area (Å²) in [6, 6.07) is -0.704. The zero-order valence-corrected chi connectivity index (χ0v) is 11.1. The van der Waals surface area contributed by atoms with Crippen LogP contribution in [0.1, 0.15) is 26.2 Å². The van der Waals surface area contributed by atoms with Crippen molar-refractivity contribution in [3.05, 3.63) is 0 Å². The summed E-state index contributed by atoms with van der Waals surface area (Å²) in [5, 5.41) is 8.54. The number of ether oxygens (including phenoxy) is 1. The maximum absolute atomic E-state index is 11.8. The van der Waals surface area contributed by atoms with Crippen molar-refractivity contribution in [2.75, 3.05) is 18.9 Å². The minimum absolute atomic E-state index is 0.160. The molecule has 102 valence electrons. The van der Waals surface area contributed by atoms with Gasteiger partial charge in [-0.3, -0.25) is 4.79 Å². The Labute approximate surface area is 110 Å². The Balaban J connectivity index is 2.32. The molecule has 1 saturated heterocycles. The summed E-state index contributed by atoms with van der Waals surface area (Å²) < 4.78 is 4.71. The number of rotatable bonds is 5. The number of hydrogen-bond acceptors (Lipinski definition) is 5. The second kappa shape index (κ2) is 7.25. The Morgan fingerprint density at radius 2 is 2.17 bits per heavy atom. The molecule has 7 heteroatoms. The van der Waals surface area contributed by atoms with Gasteiger partial charge in [0.25, 0.3) is 0 Å². The quantitative estimate of drug-likeness (QED) is 0.762. The highest BCUT2D eigenvalue weighted by atomic mass is 32.2. The Morgan fingerprint density at radius 3 is 2.78 bits per heavy atom.